The Kier molecular flexibility index (Phi) is 4.78. The topological polar surface area (TPSA) is 56.5 Å². The Balaban J connectivity index is 1.98. The van der Waals surface area contributed by atoms with Crippen molar-refractivity contribution in [3.05, 3.63) is 11.6 Å². The number of allylic oxidation sites excluding steroid dienone is 1. The lowest BCUT2D eigenvalue weighted by atomic mass is 9.97. The van der Waals surface area contributed by atoms with E-state index in [0.717, 1.165) is 6.42 Å². The summed E-state index contributed by atoms with van der Waals surface area (Å²) in [5.74, 6) is 5.66. The van der Waals surface area contributed by atoms with Crippen LogP contribution in [0.3, 0.4) is 0 Å². The van der Waals surface area contributed by atoms with Crippen LogP contribution in [0.1, 0.15) is 32.1 Å². The average molecular weight is 226 g/mol. The molecule has 0 aromatic carbocycles. The maximum Gasteiger partial charge on any atom is 0.101 e. The lowest BCUT2D eigenvalue weighted by molar-refractivity contribution is -0.0971. The molecule has 2 rings (SSSR count). The van der Waals surface area contributed by atoms with E-state index in [1.165, 1.54) is 31.3 Å². The second-order valence-electron chi connectivity index (χ2n) is 4.51. The van der Waals surface area contributed by atoms with Gasteiger partial charge in [-0.05, 0) is 25.7 Å². The van der Waals surface area contributed by atoms with E-state index in [2.05, 4.69) is 11.5 Å². The molecule has 92 valence electrons. The summed E-state index contributed by atoms with van der Waals surface area (Å²) in [5.41, 5.74) is 4.29. The SMILES string of the molecule is NNC(C1=CCCCCC1)C1COCCO1. The van der Waals surface area contributed by atoms with Gasteiger partial charge in [-0.2, -0.15) is 0 Å². The van der Waals surface area contributed by atoms with Crippen LogP contribution < -0.4 is 11.3 Å². The van der Waals surface area contributed by atoms with Crippen molar-refractivity contribution in [2.45, 2.75) is 44.2 Å². The summed E-state index contributed by atoms with van der Waals surface area (Å²) in [5, 5.41) is 0. The van der Waals surface area contributed by atoms with Crippen molar-refractivity contribution >= 4 is 0 Å². The summed E-state index contributed by atoms with van der Waals surface area (Å²) in [4.78, 5) is 0. The average Bonchev–Trinajstić information content (AvgIpc) is 2.61. The molecule has 1 aliphatic heterocycles. The predicted molar refractivity (Wildman–Crippen MR) is 62.8 cm³/mol. The van der Waals surface area contributed by atoms with Gasteiger partial charge in [0.25, 0.3) is 0 Å². The Bertz CT molecular complexity index is 237. The molecule has 0 aromatic heterocycles. The molecule has 0 saturated carbocycles. The highest BCUT2D eigenvalue weighted by molar-refractivity contribution is 5.14. The highest BCUT2D eigenvalue weighted by Crippen LogP contribution is 2.23. The summed E-state index contributed by atoms with van der Waals surface area (Å²) in [6.07, 6.45) is 8.58. The minimum atomic E-state index is 0.0723. The van der Waals surface area contributed by atoms with Crippen LogP contribution in [0.5, 0.6) is 0 Å². The summed E-state index contributed by atoms with van der Waals surface area (Å²) >= 11 is 0. The van der Waals surface area contributed by atoms with E-state index in [0.29, 0.717) is 19.8 Å². The predicted octanol–water partition coefficient (Wildman–Crippen LogP) is 1.12. The van der Waals surface area contributed by atoms with Crippen LogP contribution >= 0.6 is 0 Å². The summed E-state index contributed by atoms with van der Waals surface area (Å²) in [7, 11) is 0. The standard InChI is InChI=1S/C12H22N2O2/c13-14-12(11-9-15-7-8-16-11)10-5-3-1-2-4-6-10/h5,11-12,14H,1-4,6-9,13H2. The molecule has 0 spiro atoms. The fourth-order valence-corrected chi connectivity index (χ4v) is 2.47. The minimum absolute atomic E-state index is 0.0723. The van der Waals surface area contributed by atoms with Gasteiger partial charge in [0.15, 0.2) is 0 Å². The number of hydrogen-bond donors (Lipinski definition) is 2. The van der Waals surface area contributed by atoms with Gasteiger partial charge in [0.05, 0.1) is 25.9 Å². The second kappa shape index (κ2) is 6.35. The highest BCUT2D eigenvalue weighted by Gasteiger charge is 2.27. The van der Waals surface area contributed by atoms with E-state index in [9.17, 15) is 0 Å². The number of hydrogen-bond acceptors (Lipinski definition) is 4. The smallest absolute Gasteiger partial charge is 0.101 e. The van der Waals surface area contributed by atoms with Crippen LogP contribution in [-0.2, 0) is 9.47 Å². The van der Waals surface area contributed by atoms with E-state index >= 15 is 0 Å². The fraction of sp³-hybridized carbons (Fsp3) is 0.833. The van der Waals surface area contributed by atoms with Crippen molar-refractivity contribution in [3.63, 3.8) is 0 Å². The van der Waals surface area contributed by atoms with Gasteiger partial charge in [0.2, 0.25) is 0 Å². The third-order valence-electron chi connectivity index (χ3n) is 3.37. The third kappa shape index (κ3) is 3.04. The van der Waals surface area contributed by atoms with Crippen molar-refractivity contribution in [1.29, 1.82) is 0 Å². The Hall–Kier alpha value is -0.420. The molecule has 16 heavy (non-hydrogen) atoms. The largest absolute Gasteiger partial charge is 0.376 e. The summed E-state index contributed by atoms with van der Waals surface area (Å²) in [6.45, 7) is 2.02. The normalized spacial score (nSPS) is 29.3. The van der Waals surface area contributed by atoms with Crippen LogP contribution in [0, 0.1) is 0 Å². The number of rotatable bonds is 3. The quantitative estimate of drug-likeness (QED) is 0.430. The second-order valence-corrected chi connectivity index (χ2v) is 4.51. The maximum absolute atomic E-state index is 5.72. The molecule has 1 saturated heterocycles. The van der Waals surface area contributed by atoms with Crippen molar-refractivity contribution in [3.8, 4) is 0 Å². The Morgan fingerprint density at radius 3 is 3.00 bits per heavy atom. The van der Waals surface area contributed by atoms with Crippen molar-refractivity contribution < 1.29 is 9.47 Å². The molecular formula is C12H22N2O2. The van der Waals surface area contributed by atoms with E-state index in [1.807, 2.05) is 0 Å². The number of nitrogens with one attached hydrogen (secondary N) is 1. The molecule has 2 atom stereocenters. The molecule has 3 N–H and O–H groups in total. The maximum atomic E-state index is 5.72. The first kappa shape index (κ1) is 12.0. The number of nitrogens with two attached hydrogens (primary N) is 1. The Labute approximate surface area is 97.1 Å². The monoisotopic (exact) mass is 226 g/mol. The fourth-order valence-electron chi connectivity index (χ4n) is 2.47. The van der Waals surface area contributed by atoms with E-state index in [-0.39, 0.29) is 12.1 Å². The first-order valence-corrected chi connectivity index (χ1v) is 6.26. The third-order valence-corrected chi connectivity index (χ3v) is 3.37. The lowest BCUT2D eigenvalue weighted by Crippen LogP contribution is -2.50. The van der Waals surface area contributed by atoms with E-state index in [4.69, 9.17) is 15.3 Å². The molecule has 0 aromatic rings. The minimum Gasteiger partial charge on any atom is -0.376 e. The molecule has 4 heteroatoms. The van der Waals surface area contributed by atoms with Crippen LogP contribution in [0.15, 0.2) is 11.6 Å². The Morgan fingerprint density at radius 2 is 2.25 bits per heavy atom. The zero-order valence-electron chi connectivity index (χ0n) is 9.78. The molecule has 0 amide bonds. The molecule has 0 radical (unpaired) electrons. The van der Waals surface area contributed by atoms with Gasteiger partial charge in [-0.15, -0.1) is 0 Å². The highest BCUT2D eigenvalue weighted by atomic mass is 16.6. The van der Waals surface area contributed by atoms with Crippen LogP contribution in [0.4, 0.5) is 0 Å². The van der Waals surface area contributed by atoms with Gasteiger partial charge in [-0.1, -0.05) is 18.1 Å². The first-order chi connectivity index (χ1) is 7.92. The molecule has 1 aliphatic carbocycles. The van der Waals surface area contributed by atoms with Crippen molar-refractivity contribution in [2.24, 2.45) is 5.84 Å². The summed E-state index contributed by atoms with van der Waals surface area (Å²) in [6, 6.07) is 0.124. The van der Waals surface area contributed by atoms with Crippen molar-refractivity contribution in [1.82, 2.24) is 5.43 Å². The Morgan fingerprint density at radius 1 is 1.31 bits per heavy atom. The van der Waals surface area contributed by atoms with Gasteiger partial charge in [-0.25, -0.2) is 0 Å². The molecule has 1 heterocycles. The van der Waals surface area contributed by atoms with Crippen LogP contribution in [0.25, 0.3) is 0 Å². The van der Waals surface area contributed by atoms with Gasteiger partial charge < -0.3 is 9.47 Å². The first-order valence-electron chi connectivity index (χ1n) is 6.26. The zero-order chi connectivity index (χ0) is 11.2. The van der Waals surface area contributed by atoms with Crippen molar-refractivity contribution in [2.75, 3.05) is 19.8 Å². The summed E-state index contributed by atoms with van der Waals surface area (Å²) < 4.78 is 11.2. The molecule has 1 fully saturated rings. The lowest BCUT2D eigenvalue weighted by Gasteiger charge is -2.31. The number of ether oxygens (including phenoxy) is 2. The van der Waals surface area contributed by atoms with Gasteiger partial charge in [-0.3, -0.25) is 11.3 Å². The van der Waals surface area contributed by atoms with Gasteiger partial charge in [0.1, 0.15) is 6.10 Å². The number of hydrazine groups is 1. The van der Waals surface area contributed by atoms with Gasteiger partial charge >= 0.3 is 0 Å². The molecular weight excluding hydrogens is 204 g/mol. The van der Waals surface area contributed by atoms with E-state index < -0.39 is 0 Å². The molecule has 0 bridgehead atoms. The van der Waals surface area contributed by atoms with Crippen LogP contribution in [-0.4, -0.2) is 32.0 Å². The zero-order valence-corrected chi connectivity index (χ0v) is 9.78. The van der Waals surface area contributed by atoms with E-state index in [1.54, 1.807) is 0 Å². The van der Waals surface area contributed by atoms with Crippen LogP contribution in [0.2, 0.25) is 0 Å². The molecule has 2 unspecified atom stereocenters. The molecule has 2 aliphatic rings. The molecule has 4 nitrogen and oxygen atoms in total. The van der Waals surface area contributed by atoms with Gasteiger partial charge in [0, 0.05) is 0 Å².